The second-order valence-corrected chi connectivity index (χ2v) is 32.5. The Morgan fingerprint density at radius 2 is 0.515 bits per heavy atom. The average Bonchev–Trinajstić information content (AvgIpc) is 1.37. The van der Waals surface area contributed by atoms with Gasteiger partial charge in [0.05, 0.1) is 36.6 Å². The maximum atomic E-state index is 17.7. The van der Waals surface area contributed by atoms with Gasteiger partial charge in [-0.1, -0.05) is 91.0 Å². The Balaban J connectivity index is 0.697. The lowest BCUT2D eigenvalue weighted by Crippen LogP contribution is -2.61. The van der Waals surface area contributed by atoms with Crippen molar-refractivity contribution >= 4 is 297 Å². The van der Waals surface area contributed by atoms with Crippen LogP contribution in [0.5, 0.6) is 0 Å². The summed E-state index contributed by atoms with van der Waals surface area (Å²) in [5, 5.41) is 83.1. The molecule has 1 heterocycles. The molecule has 7 heteroatoms. The van der Waals surface area contributed by atoms with Gasteiger partial charge >= 0.3 is 5.97 Å². The van der Waals surface area contributed by atoms with Gasteiger partial charge < -0.3 is 28.4 Å². The molecule has 97 heavy (non-hydrogen) atoms. The summed E-state index contributed by atoms with van der Waals surface area (Å²) >= 11 is 0. The van der Waals surface area contributed by atoms with Gasteiger partial charge in [-0.15, -0.1) is 0 Å². The van der Waals surface area contributed by atoms with Crippen LogP contribution in [0.2, 0.25) is 0 Å². The maximum absolute atomic E-state index is 17.7. The summed E-state index contributed by atoms with van der Waals surface area (Å²) in [6.07, 6.45) is -3.76. The van der Waals surface area contributed by atoms with Gasteiger partial charge in [-0.05, 0) is 330 Å². The fraction of sp³-hybridized carbons (Fsp3) is 0.144. The van der Waals surface area contributed by atoms with E-state index in [4.69, 9.17) is 28.4 Å². The van der Waals surface area contributed by atoms with Crippen molar-refractivity contribution in [1.82, 2.24) is 0 Å². The van der Waals surface area contributed by atoms with Crippen LogP contribution in [0.4, 0.5) is 0 Å². The molecule has 1 aliphatic heterocycles. The van der Waals surface area contributed by atoms with Gasteiger partial charge in [-0.3, -0.25) is 4.79 Å². The van der Waals surface area contributed by atoms with Crippen LogP contribution in [-0.2, 0) is 63.9 Å². The summed E-state index contributed by atoms with van der Waals surface area (Å²) in [6.45, 7) is 0.858. The molecule has 2 spiro atoms. The molecule has 2 fully saturated rings. The Bertz CT molecular complexity index is 8080. The Morgan fingerprint density at radius 3 is 0.753 bits per heavy atom. The van der Waals surface area contributed by atoms with E-state index in [1.54, 1.807) is 158 Å². The van der Waals surface area contributed by atoms with E-state index >= 15 is 4.79 Å². The first-order valence-electron chi connectivity index (χ1n) is 35.3. The lowest BCUT2D eigenvalue weighted by Gasteiger charge is -2.45. The Hall–Kier alpha value is -10.6. The van der Waals surface area contributed by atoms with Gasteiger partial charge in [0.25, 0.3) is 0 Å². The van der Waals surface area contributed by atoms with Crippen LogP contribution in [-0.4, -0.2) is 50.4 Å². The number of carbonyl (C=O) groups excluding carboxylic acids is 1. The third-order valence-electron chi connectivity index (χ3n) is 30.5. The molecule has 7 nitrogen and oxygen atoms in total. The van der Waals surface area contributed by atoms with Crippen molar-refractivity contribution in [2.45, 2.75) is 61.4 Å². The van der Waals surface area contributed by atoms with Crippen molar-refractivity contribution in [3.8, 4) is 0 Å². The molecule has 6 aliphatic rings. The van der Waals surface area contributed by atoms with E-state index in [-0.39, 0.29) is 12.6 Å². The van der Waals surface area contributed by atoms with Crippen molar-refractivity contribution in [3.05, 3.63) is 130 Å². The van der Waals surface area contributed by atoms with Crippen LogP contribution in [0.25, 0.3) is 291 Å². The first-order valence-corrected chi connectivity index (χ1v) is 35.3. The normalized spacial score (nSPS) is 24.8. The SMILES string of the molecule is CO[C@H]1O[C@H](COC(=O)C2C34c5c6c7c8c9c%10c(c%11c%12c3c3c5c5c%13c6c6c7c7c9c9c%14c%10c%10c%11c%11c%12c%12c3c3c5c5c%13c%13c6c6c7c9c7c9c%14c%10c%10c%11c%11c%12c3c3c5c5c%13c6c7c6c9c%10c%11c3c56)C824)[C@@H](OCc2ccccc2)[C@H](OCc2ccccc2)[C@H]1OCc1ccccc1. The molecule has 0 radical (unpaired) electrons. The van der Waals surface area contributed by atoms with Crippen LogP contribution >= 0.6 is 0 Å². The number of ether oxygens (including phenoxy) is 6. The second kappa shape index (κ2) is 11.5. The van der Waals surface area contributed by atoms with Crippen molar-refractivity contribution in [2.24, 2.45) is 5.92 Å². The van der Waals surface area contributed by atoms with E-state index in [1.165, 1.54) is 162 Å². The molecule has 31 aromatic carbocycles. The topological polar surface area (TPSA) is 72.5 Å². The lowest BCUT2D eigenvalue weighted by atomic mass is 9.68. The molecule has 0 amide bonds. The quantitative estimate of drug-likeness (QED) is 0.0841. The zero-order valence-electron chi connectivity index (χ0n) is 50.8. The number of esters is 1. The molecule has 1 saturated carbocycles. The van der Waals surface area contributed by atoms with E-state index in [0.29, 0.717) is 19.8 Å². The molecule has 0 N–H and O–H groups in total. The predicted molar refractivity (Wildman–Crippen MR) is 389 cm³/mol. The Morgan fingerprint density at radius 1 is 0.299 bits per heavy atom. The summed E-state index contributed by atoms with van der Waals surface area (Å²) in [5.41, 5.74) is 7.50. The minimum Gasteiger partial charge on any atom is -0.463 e. The van der Waals surface area contributed by atoms with Gasteiger partial charge in [0, 0.05) is 7.11 Å². The summed E-state index contributed by atoms with van der Waals surface area (Å²) < 4.78 is 42.5. The maximum Gasteiger partial charge on any atom is 0.311 e. The largest absolute Gasteiger partial charge is 0.463 e. The van der Waals surface area contributed by atoms with Crippen LogP contribution in [0.3, 0.4) is 0 Å². The number of carbonyl (C=O) groups is 1. The Kier molecular flexibility index (Phi) is 5.05. The van der Waals surface area contributed by atoms with Gasteiger partial charge in [0.15, 0.2) is 6.29 Å². The summed E-state index contributed by atoms with van der Waals surface area (Å²) in [7, 11) is 1.68. The van der Waals surface area contributed by atoms with Crippen molar-refractivity contribution in [3.63, 3.8) is 0 Å². The highest BCUT2D eigenvalue weighted by molar-refractivity contribution is 6.82. The standard InChI is InChI=1S/C90H32O7/c1-92-88-85(95-19-23-15-9-4-10-16-23)84(94-18-22-13-7-3-8-14-22)83(93-17-21-11-5-2-6-12-21)24(97-88)20-96-87(91)86-89-79-71-63-53-43-35-27-25-26-29-33-31(27)39-47-41(33)51-45-37(29)38-30(26)34-32-28(25)36(35)44-50-40(32)48-42(34)52-46(38)56-55(45)65-59(51)69-61(47)67(57(63)49(39)43)75(79)77(69)81-73(65)74-66(56)60(52)70-62(48)68-58(50)64(54(44)53)72(71)80(89)76(68)78(70)82(74)90(81,86)89/h2-16,24,83-86,88H,17-20H2,1H3/t24-,83-,84+,85-,86?,88+,89?,90?/m1/s1. The van der Waals surface area contributed by atoms with Crippen LogP contribution in [0.15, 0.2) is 91.0 Å². The molecule has 0 unspecified atom stereocenters. The van der Waals surface area contributed by atoms with Crippen LogP contribution < -0.4 is 0 Å². The monoisotopic (exact) mass is 1220 g/mol. The van der Waals surface area contributed by atoms with Crippen molar-refractivity contribution < 1.29 is 33.2 Å². The zero-order valence-corrected chi connectivity index (χ0v) is 50.8. The molecule has 5 aliphatic carbocycles. The smallest absolute Gasteiger partial charge is 0.311 e. The third-order valence-corrected chi connectivity index (χ3v) is 30.5. The first kappa shape index (κ1) is 42.7. The molecule has 31 aromatic rings. The number of rotatable bonds is 13. The number of hydrogen-bond acceptors (Lipinski definition) is 7. The van der Waals surface area contributed by atoms with Gasteiger partial charge in [-0.25, -0.2) is 0 Å². The minimum atomic E-state index is -0.868. The van der Waals surface area contributed by atoms with E-state index in [9.17, 15) is 0 Å². The summed E-state index contributed by atoms with van der Waals surface area (Å²) in [5.74, 6) is -0.690. The van der Waals surface area contributed by atoms with Crippen molar-refractivity contribution in [2.75, 3.05) is 13.7 Å². The second-order valence-electron chi connectivity index (χ2n) is 32.5. The zero-order chi connectivity index (χ0) is 59.9. The van der Waals surface area contributed by atoms with Gasteiger partial charge in [0.1, 0.15) is 31.0 Å². The molecule has 5 atom stereocenters. The molecule has 1 saturated heterocycles. The van der Waals surface area contributed by atoms with Crippen LogP contribution in [0, 0.1) is 5.92 Å². The fourth-order valence-electron chi connectivity index (χ4n) is 29.1. The lowest BCUT2D eigenvalue weighted by molar-refractivity contribution is -0.322. The highest BCUT2D eigenvalue weighted by Crippen LogP contribution is 2.92. The Labute approximate surface area is 537 Å². The molecule has 0 aromatic heterocycles. The number of methoxy groups -OCH3 is 1. The number of benzene rings is 21. The average molecular weight is 1230 g/mol. The fourth-order valence-corrected chi connectivity index (χ4v) is 29.1. The van der Waals surface area contributed by atoms with E-state index < -0.39 is 47.5 Å². The highest BCUT2D eigenvalue weighted by atomic mass is 16.7. The van der Waals surface area contributed by atoms with E-state index in [0.717, 1.165) is 16.7 Å². The van der Waals surface area contributed by atoms with Crippen LogP contribution in [0.1, 0.15) is 38.9 Å². The van der Waals surface area contributed by atoms with Crippen molar-refractivity contribution in [1.29, 1.82) is 0 Å². The van der Waals surface area contributed by atoms with E-state index in [1.807, 2.05) is 42.5 Å². The summed E-state index contributed by atoms with van der Waals surface area (Å²) in [6, 6.07) is 30.9. The van der Waals surface area contributed by atoms with Gasteiger partial charge in [0.2, 0.25) is 0 Å². The third kappa shape index (κ3) is 3.03. The van der Waals surface area contributed by atoms with E-state index in [2.05, 4.69) is 48.5 Å². The summed E-state index contributed by atoms with van der Waals surface area (Å²) in [4.78, 5) is 17.7. The molecule has 434 valence electrons. The molecular weight excluding hydrogens is 1190 g/mol. The highest BCUT2D eigenvalue weighted by Gasteiger charge is 2.89. The molecule has 37 rings (SSSR count). The van der Waals surface area contributed by atoms with Gasteiger partial charge in [-0.2, -0.15) is 0 Å². The minimum absolute atomic E-state index is 0.0592. The molecular formula is C90H32O7. The first-order chi connectivity index (χ1) is 48.2. The molecule has 0 bridgehead atoms. The number of hydrogen-bond donors (Lipinski definition) is 0. The predicted octanol–water partition coefficient (Wildman–Crippen LogP) is 20.6.